The van der Waals surface area contributed by atoms with Gasteiger partial charge in [0, 0.05) is 65.8 Å². The summed E-state index contributed by atoms with van der Waals surface area (Å²) in [5.74, 6) is 2.82. The molecule has 0 N–H and O–H groups in total. The zero-order valence-electron chi connectivity index (χ0n) is 30.7. The highest BCUT2D eigenvalue weighted by molar-refractivity contribution is 7.26. The van der Waals surface area contributed by atoms with Gasteiger partial charge in [-0.15, -0.1) is 11.3 Å². The van der Waals surface area contributed by atoms with Crippen LogP contribution in [0, 0.1) is 0 Å². The molecule has 11 aromatic rings. The first-order chi connectivity index (χ1) is 28.2. The third-order valence-electron chi connectivity index (χ3n) is 10.7. The minimum atomic E-state index is 0.436. The Labute approximate surface area is 333 Å². The third kappa shape index (κ3) is 5.86. The number of pyridine rings is 1. The quantitative estimate of drug-likeness (QED) is 0.163. The maximum Gasteiger partial charge on any atom is 0.163 e. The fourth-order valence-corrected chi connectivity index (χ4v) is 9.20. The first kappa shape index (κ1) is 33.1. The van der Waals surface area contributed by atoms with E-state index in [1.807, 2.05) is 53.9 Å². The maximum absolute atomic E-state index is 5.42. The van der Waals surface area contributed by atoms with Crippen LogP contribution >= 0.6 is 11.3 Å². The number of rotatable bonds is 7. The van der Waals surface area contributed by atoms with Crippen molar-refractivity contribution in [2.24, 2.45) is 0 Å². The summed E-state index contributed by atoms with van der Waals surface area (Å²) in [6.45, 7) is 0. The molecule has 4 heterocycles. The second-order valence-corrected chi connectivity index (χ2v) is 15.3. The standard InChI is InChI=1S/C51H33N5S/c1-4-15-33(16-5-1)36-21-14-22-37(29-36)39-30-38(31-46-53-49(34-17-6-2-7-18-34)55-50(54-46)35-19-8-3-9-20-35)51(52-32-39)56-43-25-12-10-23-40(43)41-27-28-45-47(48(41)56)42-24-11-13-26-44(42)57-45/h1-30,32H,31H2. The van der Waals surface area contributed by atoms with Gasteiger partial charge in [0.05, 0.1) is 11.0 Å². The summed E-state index contributed by atoms with van der Waals surface area (Å²) in [6, 6.07) is 63.8. The van der Waals surface area contributed by atoms with E-state index >= 15 is 0 Å². The van der Waals surface area contributed by atoms with E-state index < -0.39 is 0 Å². The van der Waals surface area contributed by atoms with Crippen molar-refractivity contribution in [1.82, 2.24) is 24.5 Å². The molecule has 0 bridgehead atoms. The molecule has 6 heteroatoms. The number of hydrogen-bond acceptors (Lipinski definition) is 5. The van der Waals surface area contributed by atoms with Crippen molar-refractivity contribution >= 4 is 53.3 Å². The third-order valence-corrected chi connectivity index (χ3v) is 11.9. The van der Waals surface area contributed by atoms with Crippen molar-refractivity contribution in [1.29, 1.82) is 0 Å². The topological polar surface area (TPSA) is 56.5 Å². The number of hydrogen-bond donors (Lipinski definition) is 0. The Morgan fingerprint density at radius 2 is 1.04 bits per heavy atom. The number of para-hydroxylation sites is 1. The predicted octanol–water partition coefficient (Wildman–Crippen LogP) is 13.0. The Morgan fingerprint density at radius 1 is 0.439 bits per heavy atom. The van der Waals surface area contributed by atoms with E-state index in [2.05, 4.69) is 150 Å². The van der Waals surface area contributed by atoms with E-state index in [0.717, 1.165) is 50.2 Å². The number of nitrogens with zero attached hydrogens (tertiary/aromatic N) is 5. The van der Waals surface area contributed by atoms with Crippen LogP contribution in [-0.4, -0.2) is 24.5 Å². The summed E-state index contributed by atoms with van der Waals surface area (Å²) < 4.78 is 4.90. The van der Waals surface area contributed by atoms with Crippen LogP contribution in [0.4, 0.5) is 0 Å². The van der Waals surface area contributed by atoms with Gasteiger partial charge < -0.3 is 0 Å². The van der Waals surface area contributed by atoms with Crippen molar-refractivity contribution in [3.05, 3.63) is 200 Å². The molecule has 0 aliphatic heterocycles. The van der Waals surface area contributed by atoms with Crippen LogP contribution in [0.3, 0.4) is 0 Å². The van der Waals surface area contributed by atoms with Gasteiger partial charge in [-0.25, -0.2) is 19.9 Å². The molecular formula is C51H33N5S. The summed E-state index contributed by atoms with van der Waals surface area (Å²) in [4.78, 5) is 20.7. The van der Waals surface area contributed by atoms with Crippen LogP contribution in [0.15, 0.2) is 188 Å². The number of benzene rings is 7. The molecule has 268 valence electrons. The van der Waals surface area contributed by atoms with E-state index in [1.54, 1.807) is 0 Å². The van der Waals surface area contributed by atoms with Crippen molar-refractivity contribution in [2.75, 3.05) is 0 Å². The molecule has 0 fully saturated rings. The van der Waals surface area contributed by atoms with Crippen LogP contribution in [0.1, 0.15) is 11.4 Å². The van der Waals surface area contributed by atoms with Crippen LogP contribution in [0.2, 0.25) is 0 Å². The van der Waals surface area contributed by atoms with Gasteiger partial charge >= 0.3 is 0 Å². The van der Waals surface area contributed by atoms with Gasteiger partial charge in [0.2, 0.25) is 0 Å². The molecule has 57 heavy (non-hydrogen) atoms. The van der Waals surface area contributed by atoms with Gasteiger partial charge in [0.15, 0.2) is 11.6 Å². The first-order valence-corrected chi connectivity index (χ1v) is 19.9. The first-order valence-electron chi connectivity index (χ1n) is 19.1. The molecule has 0 aliphatic carbocycles. The SMILES string of the molecule is c1ccc(-c2cccc(-c3cnc(-n4c5ccccc5c5ccc6sc7ccccc7c6c54)c(Cc4nc(-c5ccccc5)nc(-c5ccccc5)n4)c3)c2)cc1. The molecule has 0 aliphatic rings. The largest absolute Gasteiger partial charge is 0.293 e. The van der Waals surface area contributed by atoms with Crippen molar-refractivity contribution in [3.8, 4) is 50.8 Å². The van der Waals surface area contributed by atoms with E-state index in [1.165, 1.54) is 36.5 Å². The van der Waals surface area contributed by atoms with Gasteiger partial charge in [-0.3, -0.25) is 4.57 Å². The predicted molar refractivity (Wildman–Crippen MR) is 236 cm³/mol. The van der Waals surface area contributed by atoms with E-state index in [9.17, 15) is 0 Å². The Balaban J connectivity index is 1.18. The zero-order chi connectivity index (χ0) is 37.7. The molecule has 11 rings (SSSR count). The number of thiophene rings is 1. The average Bonchev–Trinajstić information content (AvgIpc) is 3.83. The lowest BCUT2D eigenvalue weighted by Crippen LogP contribution is -2.08. The van der Waals surface area contributed by atoms with Crippen molar-refractivity contribution in [2.45, 2.75) is 6.42 Å². The molecular weight excluding hydrogens is 715 g/mol. The minimum Gasteiger partial charge on any atom is -0.293 e. The summed E-state index contributed by atoms with van der Waals surface area (Å²) >= 11 is 1.83. The highest BCUT2D eigenvalue weighted by atomic mass is 32.1. The fourth-order valence-electron chi connectivity index (χ4n) is 8.09. The summed E-state index contributed by atoms with van der Waals surface area (Å²) in [7, 11) is 0. The second kappa shape index (κ2) is 13.8. The molecule has 0 saturated carbocycles. The van der Waals surface area contributed by atoms with Crippen LogP contribution in [0.25, 0.3) is 92.8 Å². The van der Waals surface area contributed by atoms with Crippen LogP contribution in [0.5, 0.6) is 0 Å². The fraction of sp³-hybridized carbons (Fsp3) is 0.0196. The lowest BCUT2D eigenvalue weighted by atomic mass is 9.98. The summed E-state index contributed by atoms with van der Waals surface area (Å²) in [5, 5.41) is 4.89. The molecule has 7 aromatic carbocycles. The maximum atomic E-state index is 5.42. The molecule has 0 amide bonds. The van der Waals surface area contributed by atoms with E-state index in [-0.39, 0.29) is 0 Å². The molecule has 0 saturated heterocycles. The second-order valence-electron chi connectivity index (χ2n) is 14.2. The van der Waals surface area contributed by atoms with Gasteiger partial charge in [-0.1, -0.05) is 152 Å². The molecule has 4 aromatic heterocycles. The molecule has 0 unspecified atom stereocenters. The van der Waals surface area contributed by atoms with Crippen molar-refractivity contribution < 1.29 is 0 Å². The number of aromatic nitrogens is 5. The molecule has 5 nitrogen and oxygen atoms in total. The van der Waals surface area contributed by atoms with E-state index in [0.29, 0.717) is 23.9 Å². The van der Waals surface area contributed by atoms with E-state index in [4.69, 9.17) is 19.9 Å². The smallest absolute Gasteiger partial charge is 0.163 e. The Morgan fingerprint density at radius 3 is 1.75 bits per heavy atom. The van der Waals surface area contributed by atoms with Gasteiger partial charge in [-0.05, 0) is 47.0 Å². The van der Waals surface area contributed by atoms with Crippen molar-refractivity contribution in [3.63, 3.8) is 0 Å². The lowest BCUT2D eigenvalue weighted by Gasteiger charge is -2.16. The molecule has 0 atom stereocenters. The average molecular weight is 748 g/mol. The van der Waals surface area contributed by atoms with Gasteiger partial charge in [0.1, 0.15) is 11.6 Å². The van der Waals surface area contributed by atoms with Crippen LogP contribution < -0.4 is 0 Å². The number of fused-ring (bicyclic) bond motifs is 7. The Hall–Kier alpha value is -7.28. The monoisotopic (exact) mass is 747 g/mol. The molecule has 0 spiro atoms. The minimum absolute atomic E-state index is 0.436. The van der Waals surface area contributed by atoms with Crippen LogP contribution in [-0.2, 0) is 6.42 Å². The lowest BCUT2D eigenvalue weighted by molar-refractivity contribution is 0.914. The normalized spacial score (nSPS) is 11.6. The summed E-state index contributed by atoms with van der Waals surface area (Å²) in [5.41, 5.74) is 9.61. The highest BCUT2D eigenvalue weighted by Crippen LogP contribution is 2.43. The highest BCUT2D eigenvalue weighted by Gasteiger charge is 2.22. The Kier molecular flexibility index (Phi) is 8.00. The zero-order valence-corrected chi connectivity index (χ0v) is 31.6. The molecule has 0 radical (unpaired) electrons. The van der Waals surface area contributed by atoms with Gasteiger partial charge in [0.25, 0.3) is 0 Å². The Bertz CT molecular complexity index is 3200. The van der Waals surface area contributed by atoms with Gasteiger partial charge in [-0.2, -0.15) is 0 Å². The summed E-state index contributed by atoms with van der Waals surface area (Å²) in [6.07, 6.45) is 2.46.